The number of hydrogen-bond acceptors (Lipinski definition) is 5. The number of hydrogen-bond donors (Lipinski definition) is 1. The number of carbonyl (C=O) groups is 2. The number of aromatic nitrogens is 1. The van der Waals surface area contributed by atoms with E-state index in [0.29, 0.717) is 30.3 Å². The highest BCUT2D eigenvalue weighted by Gasteiger charge is 2.35. The smallest absolute Gasteiger partial charge is 0.229 e. The number of nitrogens with zero attached hydrogens (tertiary/aromatic N) is 2. The van der Waals surface area contributed by atoms with Crippen LogP contribution < -0.4 is 19.7 Å². The summed E-state index contributed by atoms with van der Waals surface area (Å²) in [7, 11) is 1.57. The zero-order chi connectivity index (χ0) is 23.5. The lowest BCUT2D eigenvalue weighted by molar-refractivity contribution is -0.122. The van der Waals surface area contributed by atoms with Crippen LogP contribution in [0.2, 0.25) is 0 Å². The van der Waals surface area contributed by atoms with Gasteiger partial charge in [-0.05, 0) is 60.7 Å². The zero-order valence-electron chi connectivity index (χ0n) is 19.1. The molecular formula is C27H27N3O4. The van der Waals surface area contributed by atoms with Gasteiger partial charge in [-0.3, -0.25) is 14.6 Å². The van der Waals surface area contributed by atoms with Gasteiger partial charge in [0.2, 0.25) is 11.8 Å². The average molecular weight is 458 g/mol. The maximum atomic E-state index is 13.0. The van der Waals surface area contributed by atoms with E-state index >= 15 is 0 Å². The van der Waals surface area contributed by atoms with Gasteiger partial charge in [0.25, 0.3) is 0 Å². The Morgan fingerprint density at radius 3 is 2.82 bits per heavy atom. The quantitative estimate of drug-likeness (QED) is 0.577. The van der Waals surface area contributed by atoms with Crippen molar-refractivity contribution in [1.82, 2.24) is 4.98 Å². The van der Waals surface area contributed by atoms with Crippen molar-refractivity contribution in [2.75, 3.05) is 23.9 Å². The lowest BCUT2D eigenvalue weighted by atomic mass is 10.1. The van der Waals surface area contributed by atoms with Crippen molar-refractivity contribution in [2.24, 2.45) is 5.92 Å². The predicted molar refractivity (Wildman–Crippen MR) is 129 cm³/mol. The largest absolute Gasteiger partial charge is 0.493 e. The highest BCUT2D eigenvalue weighted by Crippen LogP contribution is 2.33. The number of nitrogens with one attached hydrogen (secondary N) is 1. The van der Waals surface area contributed by atoms with Gasteiger partial charge in [-0.15, -0.1) is 0 Å². The van der Waals surface area contributed by atoms with Crippen LogP contribution >= 0.6 is 0 Å². The summed E-state index contributed by atoms with van der Waals surface area (Å²) in [5.41, 5.74) is 5.09. The predicted octanol–water partition coefficient (Wildman–Crippen LogP) is 4.15. The van der Waals surface area contributed by atoms with Crippen LogP contribution in [0.25, 0.3) is 0 Å². The molecule has 0 bridgehead atoms. The molecule has 1 aromatic heterocycles. The van der Waals surface area contributed by atoms with Crippen LogP contribution in [0.1, 0.15) is 29.5 Å². The van der Waals surface area contributed by atoms with Crippen molar-refractivity contribution in [3.05, 3.63) is 77.6 Å². The Balaban J connectivity index is 1.25. The molecule has 7 nitrogen and oxygen atoms in total. The molecule has 1 N–H and O–H groups in total. The van der Waals surface area contributed by atoms with Crippen LogP contribution in [0, 0.1) is 5.92 Å². The Kier molecular flexibility index (Phi) is 6.16. The van der Waals surface area contributed by atoms with Crippen molar-refractivity contribution >= 4 is 23.2 Å². The second-order valence-corrected chi connectivity index (χ2v) is 8.72. The Hall–Kier alpha value is -3.87. The minimum atomic E-state index is -0.414. The first-order chi connectivity index (χ1) is 16.6. The fraction of sp³-hybridized carbons (Fsp3) is 0.296. The van der Waals surface area contributed by atoms with Gasteiger partial charge in [0.05, 0.1) is 13.0 Å². The Morgan fingerprint density at radius 2 is 2.00 bits per heavy atom. The second-order valence-electron chi connectivity index (χ2n) is 8.72. The van der Waals surface area contributed by atoms with Gasteiger partial charge in [-0.1, -0.05) is 12.1 Å². The van der Waals surface area contributed by atoms with E-state index in [1.165, 1.54) is 11.1 Å². The molecule has 3 aromatic rings. The van der Waals surface area contributed by atoms with Gasteiger partial charge in [0.1, 0.15) is 6.61 Å². The zero-order valence-corrected chi connectivity index (χ0v) is 19.1. The van der Waals surface area contributed by atoms with Crippen molar-refractivity contribution < 1.29 is 19.1 Å². The molecule has 7 heteroatoms. The normalized spacial score (nSPS) is 16.9. The number of ether oxygens (including phenoxy) is 2. The first-order valence-corrected chi connectivity index (χ1v) is 11.5. The summed E-state index contributed by atoms with van der Waals surface area (Å²) in [5.74, 6) is 0.475. The van der Waals surface area contributed by atoms with E-state index in [4.69, 9.17) is 9.47 Å². The number of pyridine rings is 1. The number of carbonyl (C=O) groups excluding carboxylic acids is 2. The summed E-state index contributed by atoms with van der Waals surface area (Å²) in [5, 5.41) is 2.94. The van der Waals surface area contributed by atoms with Crippen LogP contribution in [-0.2, 0) is 29.0 Å². The molecule has 0 spiro atoms. The summed E-state index contributed by atoms with van der Waals surface area (Å²) in [4.78, 5) is 31.5. The maximum absolute atomic E-state index is 13.0. The first kappa shape index (κ1) is 21.9. The topological polar surface area (TPSA) is 80.8 Å². The Morgan fingerprint density at radius 1 is 1.12 bits per heavy atom. The monoisotopic (exact) mass is 457 g/mol. The van der Waals surface area contributed by atoms with Crippen LogP contribution in [0.15, 0.2) is 60.9 Å². The Labute approximate surface area is 198 Å². The molecule has 174 valence electrons. The van der Waals surface area contributed by atoms with Crippen molar-refractivity contribution in [1.29, 1.82) is 0 Å². The van der Waals surface area contributed by atoms with E-state index in [1.54, 1.807) is 42.6 Å². The molecule has 1 aliphatic carbocycles. The van der Waals surface area contributed by atoms with Crippen LogP contribution in [-0.4, -0.2) is 30.5 Å². The van der Waals surface area contributed by atoms with Crippen LogP contribution in [0.4, 0.5) is 11.4 Å². The third-order valence-electron chi connectivity index (χ3n) is 6.44. The van der Waals surface area contributed by atoms with E-state index in [1.807, 2.05) is 18.2 Å². The van der Waals surface area contributed by atoms with E-state index in [0.717, 1.165) is 30.5 Å². The summed E-state index contributed by atoms with van der Waals surface area (Å²) in [6, 6.07) is 15.3. The molecule has 2 amide bonds. The number of fused-ring (bicyclic) bond motifs is 1. The summed E-state index contributed by atoms with van der Waals surface area (Å²) >= 11 is 0. The number of anilines is 2. The van der Waals surface area contributed by atoms with E-state index in [-0.39, 0.29) is 18.2 Å². The molecule has 2 aromatic carbocycles. The minimum Gasteiger partial charge on any atom is -0.493 e. The van der Waals surface area contributed by atoms with Crippen molar-refractivity contribution in [3.8, 4) is 11.5 Å². The molecule has 0 radical (unpaired) electrons. The van der Waals surface area contributed by atoms with Gasteiger partial charge < -0.3 is 19.7 Å². The molecule has 2 heterocycles. The molecule has 1 unspecified atom stereocenters. The Bertz CT molecular complexity index is 1210. The van der Waals surface area contributed by atoms with Gasteiger partial charge in [-0.25, -0.2) is 0 Å². The fourth-order valence-electron chi connectivity index (χ4n) is 4.62. The van der Waals surface area contributed by atoms with E-state index in [2.05, 4.69) is 22.4 Å². The van der Waals surface area contributed by atoms with Crippen LogP contribution in [0.5, 0.6) is 11.5 Å². The van der Waals surface area contributed by atoms with Crippen LogP contribution in [0.3, 0.4) is 0 Å². The van der Waals surface area contributed by atoms with Crippen molar-refractivity contribution in [3.63, 3.8) is 0 Å². The first-order valence-electron chi connectivity index (χ1n) is 11.5. The standard InChI is InChI=1S/C27H27N3O4/c1-33-24-10-8-22(14-25(24)34-17-18-4-3-11-28-15-18)29-27(32)21-13-26(31)30(16-21)23-9-7-19-5-2-6-20(19)12-23/h3-4,7-12,14-15,21H,2,5-6,13,16-17H2,1H3,(H,29,32). The number of rotatable bonds is 7. The molecule has 1 saturated heterocycles. The van der Waals surface area contributed by atoms with Gasteiger partial charge >= 0.3 is 0 Å². The molecule has 0 saturated carbocycles. The second kappa shape index (κ2) is 9.55. The third kappa shape index (κ3) is 4.59. The molecule has 1 atom stereocenters. The van der Waals surface area contributed by atoms with Gasteiger partial charge in [0, 0.05) is 48.4 Å². The van der Waals surface area contributed by atoms with E-state index in [9.17, 15) is 9.59 Å². The maximum Gasteiger partial charge on any atom is 0.229 e. The number of methoxy groups -OCH3 is 1. The summed E-state index contributed by atoms with van der Waals surface area (Å²) in [6.07, 6.45) is 6.96. The highest BCUT2D eigenvalue weighted by molar-refractivity contribution is 6.03. The lowest BCUT2D eigenvalue weighted by Crippen LogP contribution is -2.28. The highest BCUT2D eigenvalue weighted by atomic mass is 16.5. The minimum absolute atomic E-state index is 0.0201. The lowest BCUT2D eigenvalue weighted by Gasteiger charge is -2.18. The molecular weight excluding hydrogens is 430 g/mol. The molecule has 1 fully saturated rings. The van der Waals surface area contributed by atoms with Gasteiger partial charge in [-0.2, -0.15) is 0 Å². The number of benzene rings is 2. The fourth-order valence-corrected chi connectivity index (χ4v) is 4.62. The van der Waals surface area contributed by atoms with Gasteiger partial charge in [0.15, 0.2) is 11.5 Å². The molecule has 2 aliphatic rings. The molecule has 5 rings (SSSR count). The molecule has 34 heavy (non-hydrogen) atoms. The third-order valence-corrected chi connectivity index (χ3v) is 6.44. The summed E-state index contributed by atoms with van der Waals surface area (Å²) < 4.78 is 11.3. The number of amides is 2. The van der Waals surface area contributed by atoms with E-state index < -0.39 is 5.92 Å². The summed E-state index contributed by atoms with van der Waals surface area (Å²) in [6.45, 7) is 0.707. The number of aryl methyl sites for hydroxylation is 2. The average Bonchev–Trinajstić information content (AvgIpc) is 3.49. The SMILES string of the molecule is COc1ccc(NC(=O)C2CC(=O)N(c3ccc4c(c3)CCC4)C2)cc1OCc1cccnc1. The molecule has 1 aliphatic heterocycles. The van der Waals surface area contributed by atoms with Crippen molar-refractivity contribution in [2.45, 2.75) is 32.3 Å².